The lowest BCUT2D eigenvalue weighted by Gasteiger charge is -2.18. The Morgan fingerprint density at radius 3 is 2.39 bits per heavy atom. The molecule has 1 nitrogen and oxygen atoms in total. The first-order chi connectivity index (χ1) is 8.66. The lowest BCUT2D eigenvalue weighted by molar-refractivity contribution is 0.418. The van der Waals surface area contributed by atoms with Crippen LogP contribution < -0.4 is 5.73 Å². The minimum atomic E-state index is 0.105. The van der Waals surface area contributed by atoms with Gasteiger partial charge in [0.1, 0.15) is 0 Å². The van der Waals surface area contributed by atoms with Gasteiger partial charge in [-0.05, 0) is 66.5 Å². The van der Waals surface area contributed by atoms with E-state index in [1.807, 2.05) is 18.2 Å². The molecule has 3 aliphatic rings. The highest BCUT2D eigenvalue weighted by molar-refractivity contribution is 6.35. The second kappa shape index (κ2) is 3.88. The molecule has 3 aliphatic carbocycles. The van der Waals surface area contributed by atoms with Gasteiger partial charge < -0.3 is 5.73 Å². The van der Waals surface area contributed by atoms with Gasteiger partial charge >= 0.3 is 0 Å². The average molecular weight is 282 g/mol. The van der Waals surface area contributed by atoms with E-state index in [4.69, 9.17) is 28.9 Å². The second-order valence-electron chi connectivity index (χ2n) is 6.26. The predicted octanol–water partition coefficient (Wildman–Crippen LogP) is 4.29. The molecule has 2 N–H and O–H groups in total. The fourth-order valence-corrected chi connectivity index (χ4v) is 5.39. The normalized spacial score (nSPS) is 41.8. The van der Waals surface area contributed by atoms with Crippen molar-refractivity contribution in [3.63, 3.8) is 0 Å². The summed E-state index contributed by atoms with van der Waals surface area (Å²) in [5.74, 6) is 4.38. The molecule has 1 aromatic rings. The molecule has 0 aromatic heterocycles. The van der Waals surface area contributed by atoms with Crippen LogP contribution in [0.25, 0.3) is 0 Å². The van der Waals surface area contributed by atoms with Crippen LogP contribution in [0.3, 0.4) is 0 Å². The molecule has 0 amide bonds. The number of hydrogen-bond donors (Lipinski definition) is 1. The van der Waals surface area contributed by atoms with Gasteiger partial charge in [0, 0.05) is 16.1 Å². The summed E-state index contributed by atoms with van der Waals surface area (Å²) in [6.45, 7) is 0. The van der Waals surface area contributed by atoms with Crippen LogP contribution in [0.5, 0.6) is 0 Å². The molecule has 4 rings (SSSR count). The maximum absolute atomic E-state index is 6.47. The molecule has 18 heavy (non-hydrogen) atoms. The quantitative estimate of drug-likeness (QED) is 0.860. The zero-order chi connectivity index (χ0) is 12.4. The van der Waals surface area contributed by atoms with Gasteiger partial charge in [-0.2, -0.15) is 0 Å². The maximum Gasteiger partial charge on any atom is 0.0468 e. The van der Waals surface area contributed by atoms with Crippen LogP contribution in [0.2, 0.25) is 10.0 Å². The molecule has 1 aromatic carbocycles. The molecule has 3 fully saturated rings. The smallest absolute Gasteiger partial charge is 0.0468 e. The molecule has 2 bridgehead atoms. The summed E-state index contributed by atoms with van der Waals surface area (Å²) in [7, 11) is 0. The largest absolute Gasteiger partial charge is 0.324 e. The zero-order valence-corrected chi connectivity index (χ0v) is 11.7. The van der Waals surface area contributed by atoms with Crippen LogP contribution in [-0.2, 0) is 0 Å². The lowest BCUT2D eigenvalue weighted by atomic mass is 9.93. The highest BCUT2D eigenvalue weighted by Gasteiger charge is 2.66. The third kappa shape index (κ3) is 1.51. The molecule has 3 heteroatoms. The van der Waals surface area contributed by atoms with E-state index in [9.17, 15) is 0 Å². The SMILES string of the molecule is NC(c1ccc(Cl)cc1Cl)C1C2C3CCC(C3)C21. The van der Waals surface area contributed by atoms with Gasteiger partial charge in [-0.1, -0.05) is 29.3 Å². The molecule has 96 valence electrons. The average Bonchev–Trinajstić information content (AvgIpc) is 2.77. The van der Waals surface area contributed by atoms with E-state index in [2.05, 4.69) is 0 Å². The summed E-state index contributed by atoms with van der Waals surface area (Å²) in [5, 5.41) is 1.42. The van der Waals surface area contributed by atoms with Crippen molar-refractivity contribution in [1.82, 2.24) is 0 Å². The maximum atomic E-state index is 6.47. The van der Waals surface area contributed by atoms with E-state index in [-0.39, 0.29) is 6.04 Å². The molecule has 3 saturated carbocycles. The molecule has 0 aliphatic heterocycles. The number of benzene rings is 1. The predicted molar refractivity (Wildman–Crippen MR) is 74.7 cm³/mol. The number of fused-ring (bicyclic) bond motifs is 5. The summed E-state index contributed by atoms with van der Waals surface area (Å²) < 4.78 is 0. The van der Waals surface area contributed by atoms with E-state index in [1.165, 1.54) is 19.3 Å². The van der Waals surface area contributed by atoms with Gasteiger partial charge in [-0.3, -0.25) is 0 Å². The van der Waals surface area contributed by atoms with Gasteiger partial charge in [-0.25, -0.2) is 0 Å². The Hall–Kier alpha value is -0.240. The summed E-state index contributed by atoms with van der Waals surface area (Å²) in [5.41, 5.74) is 7.55. The van der Waals surface area contributed by atoms with Gasteiger partial charge in [0.25, 0.3) is 0 Å². The van der Waals surface area contributed by atoms with Gasteiger partial charge in [0.2, 0.25) is 0 Å². The number of rotatable bonds is 2. The molecular formula is C15H17Cl2N. The van der Waals surface area contributed by atoms with Gasteiger partial charge in [0.05, 0.1) is 0 Å². The second-order valence-corrected chi connectivity index (χ2v) is 7.10. The van der Waals surface area contributed by atoms with Gasteiger partial charge in [0.15, 0.2) is 0 Å². The number of hydrogen-bond acceptors (Lipinski definition) is 1. The third-order valence-corrected chi connectivity index (χ3v) is 6.09. The van der Waals surface area contributed by atoms with Crippen LogP contribution in [0, 0.1) is 29.6 Å². The Morgan fingerprint density at radius 1 is 1.11 bits per heavy atom. The van der Waals surface area contributed by atoms with Crippen molar-refractivity contribution in [2.75, 3.05) is 0 Å². The Labute approximate surface area is 118 Å². The van der Waals surface area contributed by atoms with Crippen LogP contribution in [0.1, 0.15) is 30.9 Å². The minimum absolute atomic E-state index is 0.105. The molecular weight excluding hydrogens is 265 g/mol. The minimum Gasteiger partial charge on any atom is -0.324 e. The van der Waals surface area contributed by atoms with Crippen molar-refractivity contribution in [1.29, 1.82) is 0 Å². The van der Waals surface area contributed by atoms with Gasteiger partial charge in [-0.15, -0.1) is 0 Å². The fourth-order valence-electron chi connectivity index (χ4n) is 4.85. The summed E-state index contributed by atoms with van der Waals surface area (Å²) in [6.07, 6.45) is 4.33. The standard InChI is InChI=1S/C15H17Cl2N/c16-9-3-4-10(11(17)6-9)15(18)14-12-7-1-2-8(5-7)13(12)14/h3-4,6-8,12-15H,1-2,5,18H2. The molecule has 5 unspecified atom stereocenters. The Kier molecular flexibility index (Phi) is 2.49. The van der Waals surface area contributed by atoms with E-state index in [0.29, 0.717) is 10.9 Å². The summed E-state index contributed by atoms with van der Waals surface area (Å²) in [4.78, 5) is 0. The van der Waals surface area contributed by atoms with Crippen molar-refractivity contribution in [2.45, 2.75) is 25.3 Å². The first-order valence-corrected chi connectivity index (χ1v) is 7.63. The van der Waals surface area contributed by atoms with Crippen molar-refractivity contribution in [3.8, 4) is 0 Å². The van der Waals surface area contributed by atoms with Crippen molar-refractivity contribution in [3.05, 3.63) is 33.8 Å². The van der Waals surface area contributed by atoms with E-state index in [0.717, 1.165) is 34.3 Å². The third-order valence-electron chi connectivity index (χ3n) is 5.53. The Balaban J connectivity index is 1.60. The molecule has 0 spiro atoms. The van der Waals surface area contributed by atoms with Crippen LogP contribution in [0.15, 0.2) is 18.2 Å². The topological polar surface area (TPSA) is 26.0 Å². The fraction of sp³-hybridized carbons (Fsp3) is 0.600. The monoisotopic (exact) mass is 281 g/mol. The molecule has 0 radical (unpaired) electrons. The number of halogens is 2. The van der Waals surface area contributed by atoms with Crippen molar-refractivity contribution < 1.29 is 0 Å². The van der Waals surface area contributed by atoms with Crippen molar-refractivity contribution >= 4 is 23.2 Å². The molecule has 0 saturated heterocycles. The van der Waals surface area contributed by atoms with Crippen LogP contribution in [0.4, 0.5) is 0 Å². The summed E-state index contributed by atoms with van der Waals surface area (Å²) in [6, 6.07) is 5.82. The molecule has 0 heterocycles. The summed E-state index contributed by atoms with van der Waals surface area (Å²) >= 11 is 12.2. The van der Waals surface area contributed by atoms with Crippen molar-refractivity contribution in [2.24, 2.45) is 35.3 Å². The first kappa shape index (κ1) is 11.6. The highest BCUT2D eigenvalue weighted by atomic mass is 35.5. The van der Waals surface area contributed by atoms with E-state index >= 15 is 0 Å². The first-order valence-electron chi connectivity index (χ1n) is 6.87. The van der Waals surface area contributed by atoms with Crippen LogP contribution >= 0.6 is 23.2 Å². The number of nitrogens with two attached hydrogens (primary N) is 1. The zero-order valence-electron chi connectivity index (χ0n) is 10.2. The Morgan fingerprint density at radius 2 is 1.78 bits per heavy atom. The molecule has 5 atom stereocenters. The Bertz CT molecular complexity index is 485. The highest BCUT2D eigenvalue weighted by Crippen LogP contribution is 2.71. The van der Waals surface area contributed by atoms with E-state index < -0.39 is 0 Å². The van der Waals surface area contributed by atoms with E-state index in [1.54, 1.807) is 0 Å². The lowest BCUT2D eigenvalue weighted by Crippen LogP contribution is -2.17. The van der Waals surface area contributed by atoms with Crippen LogP contribution in [-0.4, -0.2) is 0 Å².